The molecule has 2 aromatic carbocycles. The molecule has 0 unspecified atom stereocenters. The zero-order chi connectivity index (χ0) is 14.5. The van der Waals surface area contributed by atoms with Crippen molar-refractivity contribution in [1.29, 1.82) is 0 Å². The fraction of sp³-hybridized carbons (Fsp3) is 0.111. The zero-order valence-corrected chi connectivity index (χ0v) is 14.4. The van der Waals surface area contributed by atoms with Crippen molar-refractivity contribution in [3.05, 3.63) is 81.8 Å². The van der Waals surface area contributed by atoms with E-state index in [2.05, 4.69) is 69.3 Å². The van der Waals surface area contributed by atoms with Gasteiger partial charge in [-0.2, -0.15) is 0 Å². The van der Waals surface area contributed by atoms with Gasteiger partial charge in [-0.3, -0.25) is 0 Å². The minimum atomic E-state index is 0.927. The number of halogens is 2. The summed E-state index contributed by atoms with van der Waals surface area (Å²) in [5.41, 5.74) is 4.68. The predicted molar refractivity (Wildman–Crippen MR) is 95.6 cm³/mol. The van der Waals surface area contributed by atoms with Crippen LogP contribution in [0.25, 0.3) is 11.1 Å². The van der Waals surface area contributed by atoms with Crippen molar-refractivity contribution >= 4 is 43.0 Å². The van der Waals surface area contributed by atoms with Crippen molar-refractivity contribution in [2.24, 2.45) is 0 Å². The summed E-state index contributed by atoms with van der Waals surface area (Å²) < 4.78 is 2.18. The van der Waals surface area contributed by atoms with E-state index in [1.54, 1.807) is 0 Å². The lowest BCUT2D eigenvalue weighted by Crippen LogP contribution is -1.87. The van der Waals surface area contributed by atoms with Gasteiger partial charge in [0.05, 0.1) is 0 Å². The number of benzene rings is 2. The molecule has 0 amide bonds. The summed E-state index contributed by atoms with van der Waals surface area (Å²) in [6.45, 7) is 8.34. The predicted octanol–water partition coefficient (Wildman–Crippen LogP) is 6.72. The molecule has 20 heavy (non-hydrogen) atoms. The second kappa shape index (κ2) is 7.05. The van der Waals surface area contributed by atoms with Crippen LogP contribution in [0.1, 0.15) is 24.0 Å². The summed E-state index contributed by atoms with van der Waals surface area (Å²) in [5, 5.41) is 0. The van der Waals surface area contributed by atoms with E-state index in [9.17, 15) is 0 Å². The maximum Gasteiger partial charge on any atom is 0.0175 e. The first-order valence-electron chi connectivity index (χ1n) is 6.43. The number of hydrogen-bond donors (Lipinski definition) is 0. The van der Waals surface area contributed by atoms with Crippen LogP contribution in [0.15, 0.2) is 70.6 Å². The Morgan fingerprint density at radius 1 is 0.650 bits per heavy atom. The van der Waals surface area contributed by atoms with Crippen molar-refractivity contribution in [1.82, 2.24) is 0 Å². The fourth-order valence-corrected chi connectivity index (χ4v) is 2.49. The molecule has 0 aliphatic heterocycles. The lowest BCUT2D eigenvalue weighted by molar-refractivity contribution is 1.09. The summed E-state index contributed by atoms with van der Waals surface area (Å²) in [6.07, 6.45) is 1.85. The van der Waals surface area contributed by atoms with Gasteiger partial charge in [-0.25, -0.2) is 0 Å². The molecule has 0 saturated heterocycles. The van der Waals surface area contributed by atoms with Crippen LogP contribution >= 0.6 is 31.9 Å². The summed E-state index contributed by atoms with van der Waals surface area (Å²) in [5.74, 6) is 0. The number of rotatable bonds is 5. The van der Waals surface area contributed by atoms with Gasteiger partial charge in [0.2, 0.25) is 0 Å². The molecular weight excluding hydrogens is 376 g/mol. The normalized spacial score (nSPS) is 10.3. The van der Waals surface area contributed by atoms with Crippen LogP contribution < -0.4 is 0 Å². The molecule has 0 spiro atoms. The molecule has 0 bridgehead atoms. The third-order valence-electron chi connectivity index (χ3n) is 3.23. The Labute approximate surface area is 137 Å². The van der Waals surface area contributed by atoms with Crippen LogP contribution in [0.2, 0.25) is 0 Å². The minimum absolute atomic E-state index is 0.927. The van der Waals surface area contributed by atoms with E-state index in [1.165, 1.54) is 11.1 Å². The van der Waals surface area contributed by atoms with Crippen molar-refractivity contribution in [2.45, 2.75) is 12.8 Å². The zero-order valence-electron chi connectivity index (χ0n) is 11.2. The highest BCUT2D eigenvalue weighted by atomic mass is 79.9. The van der Waals surface area contributed by atoms with Crippen molar-refractivity contribution < 1.29 is 0 Å². The summed E-state index contributed by atoms with van der Waals surface area (Å²) in [4.78, 5) is 0. The first-order valence-corrected chi connectivity index (χ1v) is 8.02. The third-order valence-corrected chi connectivity index (χ3v) is 4.29. The molecule has 0 N–H and O–H groups in total. The van der Waals surface area contributed by atoms with Gasteiger partial charge in [0.25, 0.3) is 0 Å². The van der Waals surface area contributed by atoms with E-state index in [0.717, 1.165) is 32.9 Å². The average Bonchev–Trinajstić information content (AvgIpc) is 2.46. The van der Waals surface area contributed by atoms with E-state index in [1.807, 2.05) is 24.3 Å². The largest absolute Gasteiger partial charge is 0.0952 e. The molecule has 0 radical (unpaired) electrons. The van der Waals surface area contributed by atoms with Crippen molar-refractivity contribution in [3.63, 3.8) is 0 Å². The molecule has 0 saturated carbocycles. The SMILES string of the molecule is C=C(CCC(=C)c1ccc(Br)cc1)c1ccc(Br)cc1. The van der Waals surface area contributed by atoms with Gasteiger partial charge in [-0.1, -0.05) is 69.3 Å². The number of hydrogen-bond acceptors (Lipinski definition) is 0. The molecule has 102 valence electrons. The average molecular weight is 392 g/mol. The van der Waals surface area contributed by atoms with Crippen molar-refractivity contribution in [3.8, 4) is 0 Å². The number of allylic oxidation sites excluding steroid dienone is 2. The topological polar surface area (TPSA) is 0 Å². The van der Waals surface area contributed by atoms with E-state index in [0.29, 0.717) is 0 Å². The van der Waals surface area contributed by atoms with Crippen LogP contribution in [0.3, 0.4) is 0 Å². The molecule has 2 rings (SSSR count). The van der Waals surface area contributed by atoms with Gasteiger partial charge in [-0.15, -0.1) is 0 Å². The molecule has 0 nitrogen and oxygen atoms in total. The van der Waals surface area contributed by atoms with Gasteiger partial charge >= 0.3 is 0 Å². The summed E-state index contributed by atoms with van der Waals surface area (Å²) in [6, 6.07) is 16.6. The lowest BCUT2D eigenvalue weighted by atomic mass is 9.97. The second-order valence-corrected chi connectivity index (χ2v) is 6.55. The van der Waals surface area contributed by atoms with E-state index in [-0.39, 0.29) is 0 Å². The highest BCUT2D eigenvalue weighted by Crippen LogP contribution is 2.26. The van der Waals surface area contributed by atoms with Crippen LogP contribution in [0.5, 0.6) is 0 Å². The Kier molecular flexibility index (Phi) is 5.38. The monoisotopic (exact) mass is 390 g/mol. The molecule has 0 fully saturated rings. The molecule has 2 aromatic rings. The van der Waals surface area contributed by atoms with Gasteiger partial charge in [0.1, 0.15) is 0 Å². The van der Waals surface area contributed by atoms with Gasteiger partial charge in [0.15, 0.2) is 0 Å². The van der Waals surface area contributed by atoms with E-state index in [4.69, 9.17) is 0 Å². The van der Waals surface area contributed by atoms with Crippen LogP contribution in [0, 0.1) is 0 Å². The summed E-state index contributed by atoms with van der Waals surface area (Å²) >= 11 is 6.89. The van der Waals surface area contributed by atoms with Gasteiger partial charge < -0.3 is 0 Å². The lowest BCUT2D eigenvalue weighted by Gasteiger charge is -2.09. The molecular formula is C18H16Br2. The molecule has 0 heterocycles. The van der Waals surface area contributed by atoms with Gasteiger partial charge in [0, 0.05) is 8.95 Å². The molecule has 0 aromatic heterocycles. The molecule has 2 heteroatoms. The van der Waals surface area contributed by atoms with Crippen LogP contribution in [-0.2, 0) is 0 Å². The standard InChI is InChI=1S/C18H16Br2/c1-13(15-5-9-17(19)10-6-15)3-4-14(2)16-7-11-18(20)12-8-16/h5-12H,1-4H2. The summed E-state index contributed by atoms with van der Waals surface area (Å²) in [7, 11) is 0. The smallest absolute Gasteiger partial charge is 0.0175 e. The van der Waals surface area contributed by atoms with E-state index < -0.39 is 0 Å². The highest BCUT2D eigenvalue weighted by Gasteiger charge is 2.03. The first kappa shape index (κ1) is 15.3. The highest BCUT2D eigenvalue weighted by molar-refractivity contribution is 9.10. The Hall–Kier alpha value is -1.12. The minimum Gasteiger partial charge on any atom is -0.0952 e. The molecule has 0 aliphatic rings. The third kappa shape index (κ3) is 4.19. The van der Waals surface area contributed by atoms with E-state index >= 15 is 0 Å². The Balaban J connectivity index is 1.94. The van der Waals surface area contributed by atoms with Gasteiger partial charge in [-0.05, 0) is 59.4 Å². The molecule has 0 atom stereocenters. The Morgan fingerprint density at radius 2 is 0.950 bits per heavy atom. The quantitative estimate of drug-likeness (QED) is 0.530. The maximum atomic E-state index is 4.17. The van der Waals surface area contributed by atoms with Crippen LogP contribution in [-0.4, -0.2) is 0 Å². The van der Waals surface area contributed by atoms with Crippen LogP contribution in [0.4, 0.5) is 0 Å². The molecule has 0 aliphatic carbocycles. The Morgan fingerprint density at radius 3 is 1.25 bits per heavy atom. The maximum absolute atomic E-state index is 4.17. The Bertz CT molecular complexity index is 549. The first-order chi connectivity index (χ1) is 9.56. The fourth-order valence-electron chi connectivity index (χ4n) is 1.96. The second-order valence-electron chi connectivity index (χ2n) is 4.72. The van der Waals surface area contributed by atoms with Crippen molar-refractivity contribution in [2.75, 3.05) is 0 Å².